The van der Waals surface area contributed by atoms with Gasteiger partial charge in [0, 0.05) is 42.2 Å². The second kappa shape index (κ2) is 20.1. The number of aldehydes is 1. The molecule has 0 aliphatic heterocycles. The lowest BCUT2D eigenvalue weighted by molar-refractivity contribution is -0.117. The Morgan fingerprint density at radius 1 is 0.633 bits per heavy atom. The molecule has 0 bridgehead atoms. The number of likely N-dealkylation sites (N-methyl/N-ethyl adjacent to an activating group) is 2. The van der Waals surface area contributed by atoms with Gasteiger partial charge in [-0.1, -0.05) is 52.0 Å². The van der Waals surface area contributed by atoms with Gasteiger partial charge in [0.2, 0.25) is 5.91 Å². The molecule has 10 nitrogen and oxygen atoms in total. The van der Waals surface area contributed by atoms with Gasteiger partial charge in [0.15, 0.2) is 0 Å². The lowest BCUT2D eigenvalue weighted by Gasteiger charge is -2.17. The standard InChI is InChI=1S/C33H39N7O.C6H13NO/c1-4-40(5-2)22-33(41)39-30-16-14-29(15-17-30)38-21-32(35)25-9-7-23-6-8-24(18-26(23)19-25)31(34)20-37-28-12-10-27(36-3)11-13-28;1-3-7(4-2)5-6-8/h6-21,36-38H,4-5,22,34-35H2,1-3H3,(H,39,41);6H,3-5H2,1-2H3/b31-20-,32-21-;. The number of amides is 1. The summed E-state index contributed by atoms with van der Waals surface area (Å²) in [5.41, 5.74) is 19.5. The van der Waals surface area contributed by atoms with Crippen LogP contribution >= 0.6 is 0 Å². The number of anilines is 4. The van der Waals surface area contributed by atoms with Gasteiger partial charge >= 0.3 is 0 Å². The second-order valence-corrected chi connectivity index (χ2v) is 11.3. The van der Waals surface area contributed by atoms with Crippen molar-refractivity contribution in [2.75, 3.05) is 67.6 Å². The molecular formula is C39H52N8O2. The van der Waals surface area contributed by atoms with Crippen molar-refractivity contribution in [1.82, 2.24) is 9.80 Å². The SMILES string of the molecule is CCN(CC)CC(=O)Nc1ccc(N/C=C(\N)c2ccc3ccc(/C(N)=C/Nc4ccc(NC)cc4)cc3c2)cc1.CCN(CC)CC=O. The second-order valence-electron chi connectivity index (χ2n) is 11.3. The van der Waals surface area contributed by atoms with Crippen LogP contribution in [-0.4, -0.2) is 68.3 Å². The highest BCUT2D eigenvalue weighted by Crippen LogP contribution is 2.23. The molecule has 4 aromatic rings. The first-order valence-corrected chi connectivity index (χ1v) is 16.8. The summed E-state index contributed by atoms with van der Waals surface area (Å²) >= 11 is 0. The third-order valence-corrected chi connectivity index (χ3v) is 8.13. The van der Waals surface area contributed by atoms with Crippen LogP contribution in [0.2, 0.25) is 0 Å². The van der Waals surface area contributed by atoms with Gasteiger partial charge in [-0.25, -0.2) is 0 Å². The molecule has 0 aliphatic rings. The summed E-state index contributed by atoms with van der Waals surface area (Å²) in [6, 6.07) is 27.8. The molecule has 0 atom stereocenters. The van der Waals surface area contributed by atoms with E-state index >= 15 is 0 Å². The minimum absolute atomic E-state index is 0.0222. The molecule has 0 saturated heterocycles. The Labute approximate surface area is 291 Å². The largest absolute Gasteiger partial charge is 0.397 e. The zero-order chi connectivity index (χ0) is 35.6. The van der Waals surface area contributed by atoms with E-state index < -0.39 is 0 Å². The molecule has 1 amide bonds. The number of fused-ring (bicyclic) bond motifs is 1. The smallest absolute Gasteiger partial charge is 0.238 e. The van der Waals surface area contributed by atoms with Gasteiger partial charge in [-0.3, -0.25) is 14.6 Å². The van der Waals surface area contributed by atoms with Crippen LogP contribution in [0.4, 0.5) is 22.7 Å². The molecule has 49 heavy (non-hydrogen) atoms. The quantitative estimate of drug-likeness (QED) is 0.0748. The summed E-state index contributed by atoms with van der Waals surface area (Å²) in [7, 11) is 1.89. The molecule has 0 aromatic heterocycles. The monoisotopic (exact) mass is 664 g/mol. The van der Waals surface area contributed by atoms with Gasteiger partial charge in [-0.05, 0) is 109 Å². The highest BCUT2D eigenvalue weighted by Gasteiger charge is 2.08. The zero-order valence-corrected chi connectivity index (χ0v) is 29.4. The van der Waals surface area contributed by atoms with E-state index in [-0.39, 0.29) is 5.91 Å². The van der Waals surface area contributed by atoms with Gasteiger partial charge in [-0.15, -0.1) is 0 Å². The average Bonchev–Trinajstić information content (AvgIpc) is 3.14. The number of hydrogen-bond donors (Lipinski definition) is 6. The molecule has 0 fully saturated rings. The first-order chi connectivity index (χ1) is 23.7. The predicted octanol–water partition coefficient (Wildman–Crippen LogP) is 6.43. The fourth-order valence-electron chi connectivity index (χ4n) is 4.92. The number of benzene rings is 4. The van der Waals surface area contributed by atoms with Crippen LogP contribution < -0.4 is 32.7 Å². The number of carbonyl (C=O) groups is 2. The van der Waals surface area contributed by atoms with Crippen LogP contribution in [0.25, 0.3) is 22.2 Å². The fourth-order valence-corrected chi connectivity index (χ4v) is 4.92. The first kappa shape index (κ1) is 38.1. The van der Waals surface area contributed by atoms with Crippen molar-refractivity contribution in [3.63, 3.8) is 0 Å². The molecular weight excluding hydrogens is 612 g/mol. The van der Waals surface area contributed by atoms with Crippen LogP contribution in [0.1, 0.15) is 38.8 Å². The predicted molar refractivity (Wildman–Crippen MR) is 208 cm³/mol. The van der Waals surface area contributed by atoms with Crippen molar-refractivity contribution in [3.05, 3.63) is 108 Å². The number of nitrogens with one attached hydrogen (secondary N) is 4. The average molecular weight is 665 g/mol. The normalized spacial score (nSPS) is 11.6. The van der Waals surface area contributed by atoms with E-state index in [2.05, 4.69) is 49.3 Å². The maximum absolute atomic E-state index is 12.3. The molecule has 0 heterocycles. The van der Waals surface area contributed by atoms with Crippen LogP contribution in [0.5, 0.6) is 0 Å². The molecule has 0 radical (unpaired) electrons. The van der Waals surface area contributed by atoms with Crippen LogP contribution in [0.3, 0.4) is 0 Å². The molecule has 0 unspecified atom stereocenters. The zero-order valence-electron chi connectivity index (χ0n) is 29.4. The minimum Gasteiger partial charge on any atom is -0.397 e. The minimum atomic E-state index is -0.0222. The van der Waals surface area contributed by atoms with E-state index in [4.69, 9.17) is 11.5 Å². The van der Waals surface area contributed by atoms with E-state index in [1.165, 1.54) is 0 Å². The molecule has 0 saturated carbocycles. The summed E-state index contributed by atoms with van der Waals surface area (Å²) in [4.78, 5) is 26.3. The number of carbonyl (C=O) groups excluding carboxylic acids is 2. The van der Waals surface area contributed by atoms with E-state index in [1.54, 1.807) is 12.4 Å². The van der Waals surface area contributed by atoms with Crippen LogP contribution in [-0.2, 0) is 9.59 Å². The Kier molecular flexibility index (Phi) is 15.7. The van der Waals surface area contributed by atoms with Crippen molar-refractivity contribution in [1.29, 1.82) is 0 Å². The molecule has 260 valence electrons. The molecule has 4 rings (SSSR count). The van der Waals surface area contributed by atoms with Gasteiger partial charge in [0.1, 0.15) is 6.29 Å². The van der Waals surface area contributed by atoms with Crippen molar-refractivity contribution in [2.45, 2.75) is 27.7 Å². The fraction of sp³-hybridized carbons (Fsp3) is 0.282. The van der Waals surface area contributed by atoms with Crippen molar-refractivity contribution in [3.8, 4) is 0 Å². The van der Waals surface area contributed by atoms with E-state index in [9.17, 15) is 9.59 Å². The highest BCUT2D eigenvalue weighted by molar-refractivity contribution is 5.92. The third kappa shape index (κ3) is 12.3. The number of nitrogens with zero attached hydrogens (tertiary/aromatic N) is 2. The number of rotatable bonds is 16. The van der Waals surface area contributed by atoms with E-state index in [0.717, 1.165) is 77.1 Å². The maximum Gasteiger partial charge on any atom is 0.238 e. The van der Waals surface area contributed by atoms with Crippen molar-refractivity contribution in [2.24, 2.45) is 11.5 Å². The topological polar surface area (TPSA) is 141 Å². The lowest BCUT2D eigenvalue weighted by Crippen LogP contribution is -2.32. The Morgan fingerprint density at radius 3 is 1.49 bits per heavy atom. The third-order valence-electron chi connectivity index (χ3n) is 8.13. The van der Waals surface area contributed by atoms with Crippen LogP contribution in [0.15, 0.2) is 97.3 Å². The van der Waals surface area contributed by atoms with Crippen molar-refractivity contribution >= 4 is 57.1 Å². The summed E-state index contributed by atoms with van der Waals surface area (Å²) in [6.07, 6.45) is 4.52. The van der Waals surface area contributed by atoms with E-state index in [0.29, 0.717) is 24.5 Å². The Hall–Kier alpha value is -5.32. The first-order valence-electron chi connectivity index (χ1n) is 16.8. The van der Waals surface area contributed by atoms with Gasteiger partial charge in [-0.2, -0.15) is 0 Å². The number of nitrogens with two attached hydrogens (primary N) is 2. The van der Waals surface area contributed by atoms with Crippen molar-refractivity contribution < 1.29 is 9.59 Å². The Balaban J connectivity index is 0.000000723. The van der Waals surface area contributed by atoms with Gasteiger partial charge in [0.05, 0.1) is 24.5 Å². The maximum atomic E-state index is 12.3. The van der Waals surface area contributed by atoms with Gasteiger partial charge < -0.3 is 37.5 Å². The summed E-state index contributed by atoms with van der Waals surface area (Å²) in [6.45, 7) is 12.8. The van der Waals surface area contributed by atoms with E-state index in [1.807, 2.05) is 101 Å². The summed E-state index contributed by atoms with van der Waals surface area (Å²) < 4.78 is 0. The molecule has 0 spiro atoms. The van der Waals surface area contributed by atoms with Gasteiger partial charge in [0.25, 0.3) is 0 Å². The Bertz CT molecular complexity index is 1680. The summed E-state index contributed by atoms with van der Waals surface area (Å²) in [5, 5.41) is 14.7. The summed E-state index contributed by atoms with van der Waals surface area (Å²) in [5.74, 6) is -0.0222. The molecule has 8 N–H and O–H groups in total. The number of hydrogen-bond acceptors (Lipinski definition) is 9. The highest BCUT2D eigenvalue weighted by atomic mass is 16.2. The van der Waals surface area contributed by atoms with Crippen LogP contribution in [0, 0.1) is 0 Å². The molecule has 4 aromatic carbocycles. The molecule has 0 aliphatic carbocycles. The Morgan fingerprint density at radius 2 is 1.08 bits per heavy atom. The molecule has 10 heteroatoms. The lowest BCUT2D eigenvalue weighted by atomic mass is 10.0.